The fourth-order valence-corrected chi connectivity index (χ4v) is 3.20. The van der Waals surface area contributed by atoms with E-state index in [2.05, 4.69) is 0 Å². The Morgan fingerprint density at radius 3 is 1.32 bits per heavy atom. The van der Waals surface area contributed by atoms with Crippen LogP contribution in [-0.4, -0.2) is 11.6 Å². The topological polar surface area (TPSA) is 34.1 Å². The summed E-state index contributed by atoms with van der Waals surface area (Å²) in [4.78, 5) is 23.7. The van der Waals surface area contributed by atoms with E-state index in [1.165, 1.54) is 0 Å². The van der Waals surface area contributed by atoms with Gasteiger partial charge in [0.05, 0.1) is 0 Å². The summed E-state index contributed by atoms with van der Waals surface area (Å²) >= 11 is 0. The zero-order valence-electron chi connectivity index (χ0n) is 12.9. The molecule has 0 aromatic heterocycles. The molecule has 0 atom stereocenters. The molecule has 0 heterocycles. The van der Waals surface area contributed by atoms with Crippen LogP contribution in [0.1, 0.15) is 62.5 Å². The van der Waals surface area contributed by atoms with E-state index < -0.39 is 0 Å². The Bertz CT molecular complexity index is 575. The largest absolute Gasteiger partial charge is 0.295 e. The number of hydrogen-bond donors (Lipinski definition) is 0. The van der Waals surface area contributed by atoms with E-state index in [1.54, 1.807) is 0 Å². The van der Waals surface area contributed by atoms with Crippen molar-refractivity contribution in [2.75, 3.05) is 0 Å². The van der Waals surface area contributed by atoms with Crippen LogP contribution in [0.2, 0.25) is 0 Å². The van der Waals surface area contributed by atoms with Crippen LogP contribution in [0.5, 0.6) is 0 Å². The molecule has 0 bridgehead atoms. The molecule has 0 amide bonds. The number of benzene rings is 1. The molecule has 0 unspecified atom stereocenters. The zero-order valence-corrected chi connectivity index (χ0v) is 12.9. The van der Waals surface area contributed by atoms with E-state index >= 15 is 0 Å². The van der Waals surface area contributed by atoms with Crippen LogP contribution in [0.15, 0.2) is 35.4 Å². The molecule has 114 valence electrons. The molecule has 0 saturated heterocycles. The van der Waals surface area contributed by atoms with Gasteiger partial charge >= 0.3 is 0 Å². The maximum Gasteiger partial charge on any atom is 0.158 e. The number of carbonyl (C=O) groups excluding carboxylic acids is 2. The molecule has 0 aliphatic heterocycles. The van der Waals surface area contributed by atoms with E-state index in [4.69, 9.17) is 0 Å². The average molecular weight is 294 g/mol. The Morgan fingerprint density at radius 1 is 0.591 bits per heavy atom. The van der Waals surface area contributed by atoms with Gasteiger partial charge in [-0.25, -0.2) is 0 Å². The summed E-state index contributed by atoms with van der Waals surface area (Å²) in [5, 5.41) is 0. The second kappa shape index (κ2) is 6.87. The Hall–Kier alpha value is -1.96. The highest BCUT2D eigenvalue weighted by Gasteiger charge is 2.15. The molecule has 2 aliphatic carbocycles. The van der Waals surface area contributed by atoms with E-state index in [0.717, 1.165) is 60.8 Å². The van der Waals surface area contributed by atoms with Crippen molar-refractivity contribution >= 4 is 23.7 Å². The summed E-state index contributed by atoms with van der Waals surface area (Å²) < 4.78 is 0. The fourth-order valence-electron chi connectivity index (χ4n) is 3.20. The molecule has 0 radical (unpaired) electrons. The molecular weight excluding hydrogens is 272 g/mol. The minimum atomic E-state index is 0.297. The first kappa shape index (κ1) is 15.0. The maximum atomic E-state index is 11.8. The number of carbonyl (C=O) groups is 2. The maximum absolute atomic E-state index is 11.8. The smallest absolute Gasteiger partial charge is 0.158 e. The summed E-state index contributed by atoms with van der Waals surface area (Å²) in [7, 11) is 0. The summed E-state index contributed by atoms with van der Waals surface area (Å²) in [5.74, 6) is 0.593. The lowest BCUT2D eigenvalue weighted by molar-refractivity contribution is -0.117. The molecule has 3 rings (SSSR count). The van der Waals surface area contributed by atoms with Gasteiger partial charge in [-0.2, -0.15) is 0 Å². The highest BCUT2D eigenvalue weighted by atomic mass is 16.1. The van der Waals surface area contributed by atoms with Crippen LogP contribution in [0.4, 0.5) is 0 Å². The molecule has 2 saturated carbocycles. The number of ketones is 2. The Kier molecular flexibility index (Phi) is 4.67. The lowest BCUT2D eigenvalue weighted by atomic mass is 9.91. The lowest BCUT2D eigenvalue weighted by Gasteiger charge is -2.13. The second-order valence-corrected chi connectivity index (χ2v) is 6.27. The standard InChI is InChI=1S/C20H22O2/c21-19-7-3-1-5-17(19)13-15-9-11-16(12-10-15)14-18-6-2-4-8-20(18)22/h9-14H,1-8H2/b17-13+,18-14+. The molecule has 2 fully saturated rings. The van der Waals surface area contributed by atoms with Gasteiger partial charge in [-0.15, -0.1) is 0 Å². The van der Waals surface area contributed by atoms with E-state index in [0.29, 0.717) is 24.4 Å². The molecule has 22 heavy (non-hydrogen) atoms. The first-order chi connectivity index (χ1) is 10.7. The van der Waals surface area contributed by atoms with Gasteiger partial charge in [0.1, 0.15) is 0 Å². The highest BCUT2D eigenvalue weighted by Crippen LogP contribution is 2.24. The van der Waals surface area contributed by atoms with E-state index in [1.807, 2.05) is 36.4 Å². The van der Waals surface area contributed by atoms with Crippen LogP contribution in [0.3, 0.4) is 0 Å². The highest BCUT2D eigenvalue weighted by molar-refractivity contribution is 6.00. The predicted octanol–water partition coefficient (Wildman–Crippen LogP) is 4.74. The van der Waals surface area contributed by atoms with Gasteiger partial charge in [0.25, 0.3) is 0 Å². The fraction of sp³-hybridized carbons (Fsp3) is 0.400. The average Bonchev–Trinajstić information content (AvgIpc) is 2.54. The van der Waals surface area contributed by atoms with Gasteiger partial charge in [0, 0.05) is 12.8 Å². The molecule has 2 heteroatoms. The second-order valence-electron chi connectivity index (χ2n) is 6.27. The van der Waals surface area contributed by atoms with Crippen molar-refractivity contribution in [2.24, 2.45) is 0 Å². The van der Waals surface area contributed by atoms with Crippen molar-refractivity contribution in [2.45, 2.75) is 51.4 Å². The van der Waals surface area contributed by atoms with Crippen molar-refractivity contribution < 1.29 is 9.59 Å². The third kappa shape index (κ3) is 3.62. The van der Waals surface area contributed by atoms with Crippen LogP contribution >= 0.6 is 0 Å². The van der Waals surface area contributed by atoms with Gasteiger partial charge < -0.3 is 0 Å². The molecule has 2 aliphatic rings. The molecule has 1 aromatic rings. The zero-order chi connectivity index (χ0) is 15.4. The number of hydrogen-bond acceptors (Lipinski definition) is 2. The van der Waals surface area contributed by atoms with Crippen LogP contribution in [0, 0.1) is 0 Å². The lowest BCUT2D eigenvalue weighted by Crippen LogP contribution is -2.08. The van der Waals surface area contributed by atoms with Crippen molar-refractivity contribution in [1.82, 2.24) is 0 Å². The number of rotatable bonds is 2. The van der Waals surface area contributed by atoms with Gasteiger partial charge in [0.2, 0.25) is 0 Å². The van der Waals surface area contributed by atoms with Gasteiger partial charge in [-0.1, -0.05) is 24.3 Å². The summed E-state index contributed by atoms with van der Waals surface area (Å²) in [6.07, 6.45) is 11.5. The first-order valence-electron chi connectivity index (χ1n) is 8.30. The molecule has 2 nitrogen and oxygen atoms in total. The number of allylic oxidation sites excluding steroid dienone is 2. The quantitative estimate of drug-likeness (QED) is 0.738. The molecule has 0 N–H and O–H groups in total. The van der Waals surface area contributed by atoms with Crippen LogP contribution < -0.4 is 0 Å². The summed E-state index contributed by atoms with van der Waals surface area (Å²) in [6, 6.07) is 8.15. The van der Waals surface area contributed by atoms with Gasteiger partial charge in [0.15, 0.2) is 11.6 Å². The Balaban J connectivity index is 1.75. The van der Waals surface area contributed by atoms with Crippen molar-refractivity contribution in [3.63, 3.8) is 0 Å². The minimum Gasteiger partial charge on any atom is -0.295 e. The molecule has 1 aromatic carbocycles. The Labute approximate surface area is 131 Å². The monoisotopic (exact) mass is 294 g/mol. The van der Waals surface area contributed by atoms with Crippen LogP contribution in [0.25, 0.3) is 12.2 Å². The third-order valence-corrected chi connectivity index (χ3v) is 4.53. The normalized spacial score (nSPS) is 23.3. The summed E-state index contributed by atoms with van der Waals surface area (Å²) in [6.45, 7) is 0. The minimum absolute atomic E-state index is 0.297. The van der Waals surface area contributed by atoms with E-state index in [9.17, 15) is 9.59 Å². The summed E-state index contributed by atoms with van der Waals surface area (Å²) in [5.41, 5.74) is 4.06. The van der Waals surface area contributed by atoms with Crippen LogP contribution in [-0.2, 0) is 9.59 Å². The predicted molar refractivity (Wildman–Crippen MR) is 89.3 cm³/mol. The van der Waals surface area contributed by atoms with Gasteiger partial charge in [-0.05, 0) is 73.0 Å². The van der Waals surface area contributed by atoms with Gasteiger partial charge in [-0.3, -0.25) is 9.59 Å². The Morgan fingerprint density at radius 2 is 0.955 bits per heavy atom. The van der Waals surface area contributed by atoms with E-state index in [-0.39, 0.29) is 0 Å². The molecule has 0 spiro atoms. The molecular formula is C20H22O2. The number of Topliss-reactive ketones (excluding diaryl/α,β-unsaturated/α-hetero) is 2. The van der Waals surface area contributed by atoms with Crippen molar-refractivity contribution in [3.05, 3.63) is 46.5 Å². The van der Waals surface area contributed by atoms with Crippen molar-refractivity contribution in [1.29, 1.82) is 0 Å². The third-order valence-electron chi connectivity index (χ3n) is 4.53. The first-order valence-corrected chi connectivity index (χ1v) is 8.30. The van der Waals surface area contributed by atoms with Crippen molar-refractivity contribution in [3.8, 4) is 0 Å². The SMILES string of the molecule is O=C1CCCC/C1=C\c1ccc(/C=C2\CCCCC2=O)cc1.